The first-order valence-electron chi connectivity index (χ1n) is 7.61. The van der Waals surface area contributed by atoms with E-state index in [-0.39, 0.29) is 10.9 Å². The molecule has 0 heterocycles. The highest BCUT2D eigenvalue weighted by Crippen LogP contribution is 2.21. The van der Waals surface area contributed by atoms with Crippen molar-refractivity contribution in [2.45, 2.75) is 31.2 Å². The third-order valence-corrected chi connectivity index (χ3v) is 5.56. The summed E-state index contributed by atoms with van der Waals surface area (Å²) in [5, 5.41) is 3.39. The summed E-state index contributed by atoms with van der Waals surface area (Å²) in [4.78, 5) is 12.4. The van der Waals surface area contributed by atoms with Crippen molar-refractivity contribution >= 4 is 44.8 Å². The SMILES string of the molecule is CCC(C)NS(=O)(=O)c1ccc(NC(=O)c2cc(Cl)cc(Cl)c2)cc1. The number of halogens is 2. The molecule has 0 bridgehead atoms. The number of nitrogens with one attached hydrogen (secondary N) is 2. The molecule has 0 saturated carbocycles. The molecule has 2 aromatic carbocycles. The van der Waals surface area contributed by atoms with Gasteiger partial charge in [0.05, 0.1) is 4.90 Å². The van der Waals surface area contributed by atoms with Crippen molar-refractivity contribution in [3.8, 4) is 0 Å². The molecule has 1 amide bonds. The van der Waals surface area contributed by atoms with Crippen LogP contribution in [-0.4, -0.2) is 20.4 Å². The number of carbonyl (C=O) groups is 1. The highest BCUT2D eigenvalue weighted by Gasteiger charge is 2.16. The zero-order valence-electron chi connectivity index (χ0n) is 13.7. The van der Waals surface area contributed by atoms with Crippen LogP contribution < -0.4 is 10.0 Å². The van der Waals surface area contributed by atoms with Crippen molar-refractivity contribution in [1.29, 1.82) is 0 Å². The number of hydrogen-bond acceptors (Lipinski definition) is 3. The minimum atomic E-state index is -3.58. The molecule has 2 rings (SSSR count). The molecular weight excluding hydrogens is 383 g/mol. The van der Waals surface area contributed by atoms with Crippen molar-refractivity contribution in [2.75, 3.05) is 5.32 Å². The van der Waals surface area contributed by atoms with Gasteiger partial charge in [0.1, 0.15) is 0 Å². The van der Waals surface area contributed by atoms with E-state index in [9.17, 15) is 13.2 Å². The van der Waals surface area contributed by atoms with E-state index in [0.29, 0.717) is 27.7 Å². The Bertz CT molecular complexity index is 848. The quantitative estimate of drug-likeness (QED) is 0.757. The van der Waals surface area contributed by atoms with Gasteiger partial charge in [-0.1, -0.05) is 30.1 Å². The highest BCUT2D eigenvalue weighted by atomic mass is 35.5. The van der Waals surface area contributed by atoms with Crippen LogP contribution in [0.4, 0.5) is 5.69 Å². The van der Waals surface area contributed by atoms with Crippen molar-refractivity contribution in [3.63, 3.8) is 0 Å². The number of sulfonamides is 1. The minimum Gasteiger partial charge on any atom is -0.322 e. The zero-order chi connectivity index (χ0) is 18.6. The second-order valence-electron chi connectivity index (χ2n) is 5.57. The summed E-state index contributed by atoms with van der Waals surface area (Å²) in [6, 6.07) is 10.3. The Morgan fingerprint density at radius 1 is 1.08 bits per heavy atom. The minimum absolute atomic E-state index is 0.136. The Hall–Kier alpha value is -1.60. The summed E-state index contributed by atoms with van der Waals surface area (Å²) in [7, 11) is -3.58. The lowest BCUT2D eigenvalue weighted by molar-refractivity contribution is 0.102. The summed E-state index contributed by atoms with van der Waals surface area (Å²) in [5.41, 5.74) is 0.774. The Kier molecular flexibility index (Phi) is 6.46. The normalized spacial score (nSPS) is 12.6. The van der Waals surface area contributed by atoms with E-state index < -0.39 is 15.9 Å². The van der Waals surface area contributed by atoms with Crippen LogP contribution in [0.15, 0.2) is 47.4 Å². The number of carbonyl (C=O) groups excluding carboxylic acids is 1. The molecule has 134 valence electrons. The molecule has 0 radical (unpaired) electrons. The number of amides is 1. The van der Waals surface area contributed by atoms with Gasteiger partial charge in [-0.05, 0) is 55.8 Å². The van der Waals surface area contributed by atoms with Gasteiger partial charge < -0.3 is 5.32 Å². The van der Waals surface area contributed by atoms with Gasteiger partial charge in [-0.15, -0.1) is 0 Å². The van der Waals surface area contributed by atoms with Gasteiger partial charge in [0, 0.05) is 27.3 Å². The maximum atomic E-state index is 12.2. The molecule has 0 aliphatic carbocycles. The molecular formula is C17H18Cl2N2O3S. The summed E-state index contributed by atoms with van der Waals surface area (Å²) >= 11 is 11.8. The molecule has 0 spiro atoms. The predicted molar refractivity (Wildman–Crippen MR) is 101 cm³/mol. The standard InChI is InChI=1S/C17H18Cl2N2O3S/c1-3-11(2)21-25(23,24)16-6-4-15(5-7-16)20-17(22)12-8-13(18)10-14(19)9-12/h4-11,21H,3H2,1-2H3,(H,20,22). The summed E-state index contributed by atoms with van der Waals surface area (Å²) < 4.78 is 27.0. The first-order valence-corrected chi connectivity index (χ1v) is 9.85. The maximum absolute atomic E-state index is 12.2. The van der Waals surface area contributed by atoms with Crippen LogP contribution in [0.3, 0.4) is 0 Å². The Labute approximate surface area is 157 Å². The third kappa shape index (κ3) is 5.44. The molecule has 0 aliphatic heterocycles. The van der Waals surface area contributed by atoms with Crippen molar-refractivity contribution in [3.05, 3.63) is 58.1 Å². The number of anilines is 1. The fourth-order valence-electron chi connectivity index (χ4n) is 2.02. The molecule has 1 unspecified atom stereocenters. The predicted octanol–water partition coefficient (Wildman–Crippen LogP) is 4.32. The molecule has 0 saturated heterocycles. The van der Waals surface area contributed by atoms with Crippen LogP contribution >= 0.6 is 23.2 Å². The van der Waals surface area contributed by atoms with E-state index in [1.807, 2.05) is 6.92 Å². The van der Waals surface area contributed by atoms with Crippen LogP contribution in [-0.2, 0) is 10.0 Å². The fourth-order valence-corrected chi connectivity index (χ4v) is 3.87. The van der Waals surface area contributed by atoms with Gasteiger partial charge in [0.15, 0.2) is 0 Å². The van der Waals surface area contributed by atoms with Gasteiger partial charge in [0.2, 0.25) is 10.0 Å². The van der Waals surface area contributed by atoms with Crippen LogP contribution in [0.2, 0.25) is 10.0 Å². The fraction of sp³-hybridized carbons (Fsp3) is 0.235. The van der Waals surface area contributed by atoms with Crippen LogP contribution in [0.25, 0.3) is 0 Å². The number of hydrogen-bond donors (Lipinski definition) is 2. The third-order valence-electron chi connectivity index (χ3n) is 3.52. The van der Waals surface area contributed by atoms with Crippen molar-refractivity contribution in [2.24, 2.45) is 0 Å². The summed E-state index contributed by atoms with van der Waals surface area (Å²) in [5.74, 6) is -0.391. The van der Waals surface area contributed by atoms with E-state index >= 15 is 0 Å². The lowest BCUT2D eigenvalue weighted by atomic mass is 10.2. The van der Waals surface area contributed by atoms with E-state index in [4.69, 9.17) is 23.2 Å². The van der Waals surface area contributed by atoms with Gasteiger partial charge in [-0.25, -0.2) is 13.1 Å². The lowest BCUT2D eigenvalue weighted by Gasteiger charge is -2.12. The lowest BCUT2D eigenvalue weighted by Crippen LogP contribution is -2.31. The molecule has 8 heteroatoms. The number of rotatable bonds is 6. The summed E-state index contributed by atoms with van der Waals surface area (Å²) in [6.45, 7) is 3.69. The second kappa shape index (κ2) is 8.19. The van der Waals surface area contributed by atoms with Crippen LogP contribution in [0.5, 0.6) is 0 Å². The zero-order valence-corrected chi connectivity index (χ0v) is 16.0. The van der Waals surface area contributed by atoms with Gasteiger partial charge in [0.25, 0.3) is 5.91 Å². The van der Waals surface area contributed by atoms with E-state index in [1.54, 1.807) is 6.92 Å². The molecule has 0 aliphatic rings. The maximum Gasteiger partial charge on any atom is 0.255 e. The van der Waals surface area contributed by atoms with Gasteiger partial charge in [-0.3, -0.25) is 4.79 Å². The van der Waals surface area contributed by atoms with Gasteiger partial charge in [-0.2, -0.15) is 0 Å². The van der Waals surface area contributed by atoms with Crippen molar-refractivity contribution < 1.29 is 13.2 Å². The first-order chi connectivity index (χ1) is 11.7. The van der Waals surface area contributed by atoms with E-state index in [2.05, 4.69) is 10.0 Å². The molecule has 25 heavy (non-hydrogen) atoms. The van der Waals surface area contributed by atoms with Crippen molar-refractivity contribution in [1.82, 2.24) is 4.72 Å². The number of benzene rings is 2. The molecule has 1 atom stereocenters. The molecule has 5 nitrogen and oxygen atoms in total. The van der Waals surface area contributed by atoms with Crippen LogP contribution in [0, 0.1) is 0 Å². The monoisotopic (exact) mass is 400 g/mol. The molecule has 0 fully saturated rings. The Balaban J connectivity index is 2.13. The average molecular weight is 401 g/mol. The van der Waals surface area contributed by atoms with E-state index in [0.717, 1.165) is 0 Å². The Morgan fingerprint density at radius 3 is 2.16 bits per heavy atom. The first kappa shape index (κ1) is 19.7. The average Bonchev–Trinajstić information content (AvgIpc) is 2.54. The topological polar surface area (TPSA) is 75.3 Å². The highest BCUT2D eigenvalue weighted by molar-refractivity contribution is 7.89. The molecule has 2 aromatic rings. The van der Waals surface area contributed by atoms with Crippen LogP contribution in [0.1, 0.15) is 30.6 Å². The molecule has 0 aromatic heterocycles. The van der Waals surface area contributed by atoms with E-state index in [1.165, 1.54) is 42.5 Å². The second-order valence-corrected chi connectivity index (χ2v) is 8.15. The smallest absolute Gasteiger partial charge is 0.255 e. The summed E-state index contributed by atoms with van der Waals surface area (Å²) in [6.07, 6.45) is 0.690. The Morgan fingerprint density at radius 2 is 1.64 bits per heavy atom. The van der Waals surface area contributed by atoms with Gasteiger partial charge >= 0.3 is 0 Å². The largest absolute Gasteiger partial charge is 0.322 e. The molecule has 2 N–H and O–H groups in total.